The maximum Gasteiger partial charge on any atom is 0.318 e. The molecule has 0 fully saturated rings. The van der Waals surface area contributed by atoms with Crippen LogP contribution in [0.1, 0.15) is 61.9 Å². The summed E-state index contributed by atoms with van der Waals surface area (Å²) in [4.78, 5) is 54.7. The summed E-state index contributed by atoms with van der Waals surface area (Å²) in [6.07, 6.45) is 2.13. The molecule has 48 heavy (non-hydrogen) atoms. The van der Waals surface area contributed by atoms with Gasteiger partial charge in [-0.1, -0.05) is 99.7 Å². The molecule has 1 N–H and O–H groups in total. The highest BCUT2D eigenvalue weighted by Crippen LogP contribution is 2.20. The van der Waals surface area contributed by atoms with Crippen LogP contribution in [0.15, 0.2) is 77.8 Å². The first-order chi connectivity index (χ1) is 23.1. The highest BCUT2D eigenvalue weighted by atomic mass is 32.1. The van der Waals surface area contributed by atoms with Crippen LogP contribution in [0.3, 0.4) is 0 Å². The van der Waals surface area contributed by atoms with Crippen LogP contribution in [-0.2, 0) is 29.2 Å². The van der Waals surface area contributed by atoms with E-state index < -0.39 is 6.04 Å². The van der Waals surface area contributed by atoms with E-state index in [1.807, 2.05) is 79.9 Å². The number of carbonyl (C=O) groups excluding carboxylic acids is 3. The predicted octanol–water partition coefficient (Wildman–Crippen LogP) is 6.42. The molecule has 0 saturated heterocycles. The van der Waals surface area contributed by atoms with Crippen LogP contribution in [0, 0.1) is 5.92 Å². The van der Waals surface area contributed by atoms with Crippen molar-refractivity contribution in [2.75, 3.05) is 26.7 Å². The Morgan fingerprint density at radius 3 is 2.04 bits per heavy atom. The molecule has 0 saturated carbocycles. The summed E-state index contributed by atoms with van der Waals surface area (Å²) in [7, 11) is 1.71. The molecular weight excluding hydrogens is 645 g/mol. The number of carbonyl (C=O) groups is 3. The van der Waals surface area contributed by atoms with Gasteiger partial charge < -0.3 is 24.8 Å². The van der Waals surface area contributed by atoms with Gasteiger partial charge in [0.05, 0.1) is 29.0 Å². The SMILES string of the molecule is CC(C)c1nc(CN(C)C(=O)NC(C(=O)N(CCCN(Cc2ccccc2)C(=O)COc2cncs2)Cc2ccccc2)C(C)C)cs1. The molecule has 12 heteroatoms. The van der Waals surface area contributed by atoms with Crippen LogP contribution in [0.2, 0.25) is 0 Å². The maximum atomic E-state index is 14.2. The zero-order valence-electron chi connectivity index (χ0n) is 28.4. The van der Waals surface area contributed by atoms with E-state index in [-0.39, 0.29) is 30.4 Å². The van der Waals surface area contributed by atoms with Crippen LogP contribution >= 0.6 is 22.7 Å². The monoisotopic (exact) mass is 690 g/mol. The van der Waals surface area contributed by atoms with E-state index in [1.165, 1.54) is 11.3 Å². The summed E-state index contributed by atoms with van der Waals surface area (Å²) >= 11 is 2.92. The summed E-state index contributed by atoms with van der Waals surface area (Å²) in [5.41, 5.74) is 4.47. The van der Waals surface area contributed by atoms with E-state index >= 15 is 0 Å². The average Bonchev–Trinajstić information content (AvgIpc) is 3.78. The third-order valence-electron chi connectivity index (χ3n) is 7.72. The molecule has 4 amide bonds. The van der Waals surface area contributed by atoms with Gasteiger partial charge >= 0.3 is 6.03 Å². The molecule has 2 aromatic carbocycles. The molecule has 1 unspecified atom stereocenters. The van der Waals surface area contributed by atoms with E-state index in [9.17, 15) is 14.4 Å². The largest absolute Gasteiger partial charge is 0.473 e. The summed E-state index contributed by atoms with van der Waals surface area (Å²) in [5.74, 6) is -0.146. The molecule has 2 heterocycles. The first-order valence-electron chi connectivity index (χ1n) is 16.2. The Morgan fingerprint density at radius 1 is 0.854 bits per heavy atom. The number of amides is 4. The molecule has 4 rings (SSSR count). The van der Waals surface area contributed by atoms with Gasteiger partial charge in [0.15, 0.2) is 11.7 Å². The van der Waals surface area contributed by atoms with Gasteiger partial charge in [0.25, 0.3) is 5.91 Å². The van der Waals surface area contributed by atoms with E-state index in [2.05, 4.69) is 29.1 Å². The lowest BCUT2D eigenvalue weighted by Gasteiger charge is -2.32. The first-order valence-corrected chi connectivity index (χ1v) is 18.0. The van der Waals surface area contributed by atoms with Gasteiger partial charge in [-0.25, -0.2) is 14.8 Å². The minimum Gasteiger partial charge on any atom is -0.473 e. The fraction of sp³-hybridized carbons (Fsp3) is 0.417. The van der Waals surface area contributed by atoms with E-state index in [1.54, 1.807) is 44.8 Å². The van der Waals surface area contributed by atoms with Crippen LogP contribution in [-0.4, -0.2) is 75.3 Å². The summed E-state index contributed by atoms with van der Waals surface area (Å²) in [6, 6.07) is 18.5. The molecule has 0 aliphatic carbocycles. The summed E-state index contributed by atoms with van der Waals surface area (Å²) in [5, 5.41) is 6.59. The van der Waals surface area contributed by atoms with Gasteiger partial charge in [0.2, 0.25) is 5.91 Å². The number of urea groups is 1. The lowest BCUT2D eigenvalue weighted by atomic mass is 10.0. The zero-order chi connectivity index (χ0) is 34.5. The molecular formula is C36H46N6O4S2. The molecule has 10 nitrogen and oxygen atoms in total. The Labute approximate surface area is 291 Å². The van der Waals surface area contributed by atoms with Crippen LogP contribution in [0.5, 0.6) is 5.06 Å². The van der Waals surface area contributed by atoms with E-state index in [0.717, 1.165) is 21.8 Å². The number of nitrogens with one attached hydrogen (secondary N) is 1. The van der Waals surface area contributed by atoms with Crippen LogP contribution in [0.25, 0.3) is 0 Å². The van der Waals surface area contributed by atoms with Crippen molar-refractivity contribution < 1.29 is 19.1 Å². The second-order valence-electron chi connectivity index (χ2n) is 12.4. The molecule has 0 spiro atoms. The van der Waals surface area contributed by atoms with Crippen molar-refractivity contribution in [1.82, 2.24) is 30.0 Å². The molecule has 0 aliphatic rings. The van der Waals surface area contributed by atoms with E-state index in [0.29, 0.717) is 50.1 Å². The van der Waals surface area contributed by atoms with Crippen molar-refractivity contribution in [3.63, 3.8) is 0 Å². The lowest BCUT2D eigenvalue weighted by molar-refractivity contribution is -0.135. The van der Waals surface area contributed by atoms with Crippen molar-refractivity contribution >= 4 is 40.5 Å². The Kier molecular flexibility index (Phi) is 13.9. The second kappa shape index (κ2) is 18.3. The van der Waals surface area contributed by atoms with Gasteiger partial charge in [-0.2, -0.15) is 0 Å². The highest BCUT2D eigenvalue weighted by Gasteiger charge is 2.30. The summed E-state index contributed by atoms with van der Waals surface area (Å²) in [6.45, 7) is 9.92. The number of hydrogen-bond donors (Lipinski definition) is 1. The molecule has 0 bridgehead atoms. The Bertz CT molecular complexity index is 1560. The van der Waals surface area contributed by atoms with Gasteiger partial charge in [0.1, 0.15) is 6.04 Å². The molecule has 0 radical (unpaired) electrons. The number of hydrogen-bond acceptors (Lipinski definition) is 8. The molecule has 4 aromatic rings. The van der Waals surface area contributed by atoms with Crippen LogP contribution < -0.4 is 10.1 Å². The molecule has 2 aromatic heterocycles. The van der Waals surface area contributed by atoms with Crippen molar-refractivity contribution in [2.45, 2.75) is 65.7 Å². The predicted molar refractivity (Wildman–Crippen MR) is 191 cm³/mol. The topological polar surface area (TPSA) is 108 Å². The maximum absolute atomic E-state index is 14.2. The van der Waals surface area contributed by atoms with E-state index in [4.69, 9.17) is 4.74 Å². The van der Waals surface area contributed by atoms with Crippen molar-refractivity contribution in [2.24, 2.45) is 5.92 Å². The Balaban J connectivity index is 1.44. The standard InChI is InChI=1S/C36H46N6O4S2/c1-26(2)33(39-36(45)40(5)22-30-24-47-34(38-30)27(3)4)35(44)42(21-29-15-10-7-11-16-29)18-12-17-41(20-28-13-8-6-9-14-28)31(43)23-46-32-19-37-25-48-32/h6-11,13-16,19,24-27,33H,12,17-18,20-23H2,1-5H3,(H,39,45). The number of rotatable bonds is 17. The Morgan fingerprint density at radius 2 is 1.48 bits per heavy atom. The summed E-state index contributed by atoms with van der Waals surface area (Å²) < 4.78 is 5.69. The van der Waals surface area contributed by atoms with Gasteiger partial charge in [-0.15, -0.1) is 11.3 Å². The second-order valence-corrected chi connectivity index (χ2v) is 14.1. The number of benzene rings is 2. The van der Waals surface area contributed by atoms with Crippen LogP contribution in [0.4, 0.5) is 4.79 Å². The molecule has 0 aliphatic heterocycles. The minimum atomic E-state index is -0.736. The van der Waals surface area contributed by atoms with Gasteiger partial charge in [0, 0.05) is 44.5 Å². The van der Waals surface area contributed by atoms with Crippen molar-refractivity contribution in [3.05, 3.63) is 99.6 Å². The van der Waals surface area contributed by atoms with Crippen molar-refractivity contribution in [3.8, 4) is 5.06 Å². The third kappa shape index (κ3) is 11.2. The quantitative estimate of drug-likeness (QED) is 0.137. The lowest BCUT2D eigenvalue weighted by Crippen LogP contribution is -2.54. The fourth-order valence-electron chi connectivity index (χ4n) is 5.05. The van der Waals surface area contributed by atoms with Crippen molar-refractivity contribution in [1.29, 1.82) is 0 Å². The number of nitrogens with zero attached hydrogens (tertiary/aromatic N) is 5. The molecule has 256 valence electrons. The average molecular weight is 691 g/mol. The minimum absolute atomic E-state index is 0.101. The number of ether oxygens (including phenoxy) is 1. The molecule has 1 atom stereocenters. The van der Waals surface area contributed by atoms with Gasteiger partial charge in [-0.05, 0) is 23.5 Å². The number of aromatic nitrogens is 2. The smallest absolute Gasteiger partial charge is 0.318 e. The zero-order valence-corrected chi connectivity index (χ0v) is 30.0. The Hall–Kier alpha value is -4.29. The normalized spacial score (nSPS) is 11.7. The van der Waals surface area contributed by atoms with Gasteiger partial charge in [-0.3, -0.25) is 9.59 Å². The fourth-order valence-corrected chi connectivity index (χ4v) is 6.35. The third-order valence-corrected chi connectivity index (χ3v) is 9.60. The first kappa shape index (κ1) is 36.5. The number of thiazole rings is 2. The highest BCUT2D eigenvalue weighted by molar-refractivity contribution is 7.11.